The standard InChI is InChI=1S/C34H30ClN5O4S/c1-4-5-17-44-28-14-11-22(18-29(28)43-3)12-16-31-36-34-40(37-31)33(41)30(45-34)20-24-21-39(25-9-7-6-8-10-25)38-32(24)23-13-15-27(42-2)26(35)19-23/h6-16,18-21H,4-5,17H2,1-3H3/b16-12+,30-20-. The van der Waals surface area contributed by atoms with Gasteiger partial charge in [0.25, 0.3) is 5.56 Å². The second kappa shape index (κ2) is 13.4. The van der Waals surface area contributed by atoms with E-state index in [2.05, 4.69) is 17.0 Å². The average molecular weight is 640 g/mol. The fourth-order valence-corrected chi connectivity index (χ4v) is 5.87. The molecule has 0 atom stereocenters. The van der Waals surface area contributed by atoms with E-state index in [1.54, 1.807) is 37.1 Å². The molecule has 0 aliphatic heterocycles. The molecule has 9 nitrogen and oxygen atoms in total. The van der Waals surface area contributed by atoms with Crippen molar-refractivity contribution < 1.29 is 14.2 Å². The van der Waals surface area contributed by atoms with Crippen LogP contribution in [0, 0.1) is 0 Å². The number of hydrogen-bond acceptors (Lipinski definition) is 8. The molecule has 0 aliphatic carbocycles. The highest BCUT2D eigenvalue weighted by Crippen LogP contribution is 2.32. The molecule has 0 amide bonds. The Kier molecular flexibility index (Phi) is 8.95. The highest BCUT2D eigenvalue weighted by Gasteiger charge is 2.15. The summed E-state index contributed by atoms with van der Waals surface area (Å²) in [6, 6.07) is 21.0. The Morgan fingerprint density at radius 2 is 1.73 bits per heavy atom. The number of aromatic nitrogens is 5. The molecule has 3 heterocycles. The first-order chi connectivity index (χ1) is 22.0. The summed E-state index contributed by atoms with van der Waals surface area (Å²) in [5.74, 6) is 2.35. The molecule has 0 bridgehead atoms. The maximum Gasteiger partial charge on any atom is 0.291 e. The first-order valence-corrected chi connectivity index (χ1v) is 15.6. The van der Waals surface area contributed by atoms with E-state index < -0.39 is 0 Å². The summed E-state index contributed by atoms with van der Waals surface area (Å²) < 4.78 is 20.2. The lowest BCUT2D eigenvalue weighted by molar-refractivity contribution is 0.288. The Bertz CT molecular complexity index is 2100. The van der Waals surface area contributed by atoms with Crippen LogP contribution in [0.4, 0.5) is 0 Å². The molecule has 0 fully saturated rings. The lowest BCUT2D eigenvalue weighted by atomic mass is 10.1. The highest BCUT2D eigenvalue weighted by molar-refractivity contribution is 7.15. The van der Waals surface area contributed by atoms with Gasteiger partial charge >= 0.3 is 0 Å². The largest absolute Gasteiger partial charge is 0.495 e. The number of unbranched alkanes of at least 4 members (excludes halogenated alkanes) is 1. The minimum absolute atomic E-state index is 0.261. The smallest absolute Gasteiger partial charge is 0.291 e. The van der Waals surface area contributed by atoms with Crippen molar-refractivity contribution >= 4 is 46.1 Å². The van der Waals surface area contributed by atoms with Gasteiger partial charge < -0.3 is 14.2 Å². The molecule has 6 rings (SSSR count). The third-order valence-corrected chi connectivity index (χ3v) is 8.30. The average Bonchev–Trinajstić information content (AvgIpc) is 3.75. The van der Waals surface area contributed by atoms with Gasteiger partial charge in [0.05, 0.1) is 36.1 Å². The van der Waals surface area contributed by atoms with Gasteiger partial charge in [-0.15, -0.1) is 5.10 Å². The van der Waals surface area contributed by atoms with Crippen LogP contribution in [0.2, 0.25) is 5.02 Å². The molecule has 0 spiro atoms. The minimum atomic E-state index is -0.261. The zero-order valence-corrected chi connectivity index (χ0v) is 26.5. The van der Waals surface area contributed by atoms with Crippen molar-refractivity contribution in [2.45, 2.75) is 19.8 Å². The predicted molar refractivity (Wildman–Crippen MR) is 179 cm³/mol. The second-order valence-corrected chi connectivity index (χ2v) is 11.5. The van der Waals surface area contributed by atoms with Gasteiger partial charge in [0.1, 0.15) is 11.4 Å². The lowest BCUT2D eigenvalue weighted by Gasteiger charge is -2.10. The van der Waals surface area contributed by atoms with E-state index in [0.29, 0.717) is 49.9 Å². The van der Waals surface area contributed by atoms with Gasteiger partial charge in [-0.2, -0.15) is 14.6 Å². The quantitative estimate of drug-likeness (QED) is 0.148. The monoisotopic (exact) mass is 639 g/mol. The number of fused-ring (bicyclic) bond motifs is 1. The third-order valence-electron chi connectivity index (χ3n) is 7.04. The van der Waals surface area contributed by atoms with E-state index in [0.717, 1.165) is 35.2 Å². The molecule has 0 saturated heterocycles. The number of nitrogens with zero attached hydrogens (tertiary/aromatic N) is 5. The minimum Gasteiger partial charge on any atom is -0.495 e. The van der Waals surface area contributed by atoms with Crippen LogP contribution in [0.3, 0.4) is 0 Å². The van der Waals surface area contributed by atoms with Gasteiger partial charge in [0.2, 0.25) is 4.96 Å². The topological polar surface area (TPSA) is 92.8 Å². The summed E-state index contributed by atoms with van der Waals surface area (Å²) in [4.78, 5) is 18.5. The van der Waals surface area contributed by atoms with Crippen molar-refractivity contribution in [2.75, 3.05) is 20.8 Å². The molecule has 0 aliphatic rings. The van der Waals surface area contributed by atoms with Crippen molar-refractivity contribution in [1.82, 2.24) is 24.4 Å². The van der Waals surface area contributed by atoms with Gasteiger partial charge in [-0.05, 0) is 66.6 Å². The summed E-state index contributed by atoms with van der Waals surface area (Å²) >= 11 is 7.71. The van der Waals surface area contributed by atoms with Crippen LogP contribution in [0.25, 0.3) is 40.1 Å². The van der Waals surface area contributed by atoms with E-state index in [-0.39, 0.29) is 5.56 Å². The second-order valence-electron chi connectivity index (χ2n) is 10.1. The lowest BCUT2D eigenvalue weighted by Crippen LogP contribution is -2.23. The maximum absolute atomic E-state index is 13.4. The Morgan fingerprint density at radius 1 is 0.933 bits per heavy atom. The van der Waals surface area contributed by atoms with Crippen LogP contribution < -0.4 is 24.3 Å². The molecule has 11 heteroatoms. The Labute approximate surface area is 268 Å². The van der Waals surface area contributed by atoms with E-state index in [9.17, 15) is 4.79 Å². The predicted octanol–water partition coefficient (Wildman–Crippen LogP) is 6.57. The fourth-order valence-electron chi connectivity index (χ4n) is 4.71. The number of ether oxygens (including phenoxy) is 3. The number of thiazole rings is 1. The zero-order valence-electron chi connectivity index (χ0n) is 24.9. The van der Waals surface area contributed by atoms with E-state index in [1.807, 2.05) is 72.9 Å². The normalized spacial score (nSPS) is 12.0. The fraction of sp³-hybridized carbons (Fsp3) is 0.176. The molecule has 0 radical (unpaired) electrons. The molecular formula is C34H30ClN5O4S. The molecule has 45 heavy (non-hydrogen) atoms. The summed E-state index contributed by atoms with van der Waals surface area (Å²) in [5, 5.41) is 9.76. The summed E-state index contributed by atoms with van der Waals surface area (Å²) in [6.45, 7) is 2.76. The van der Waals surface area contributed by atoms with Crippen LogP contribution in [0.5, 0.6) is 17.2 Å². The Balaban J connectivity index is 1.32. The van der Waals surface area contributed by atoms with Gasteiger partial charge in [0, 0.05) is 17.3 Å². The maximum atomic E-state index is 13.4. The molecule has 0 N–H and O–H groups in total. The molecule has 228 valence electrons. The SMILES string of the molecule is CCCCOc1ccc(/C=C/c2nc3s/c(=C\c4cn(-c5ccccc5)nc4-c4ccc(OC)c(Cl)c4)c(=O)n3n2)cc1OC. The van der Waals surface area contributed by atoms with E-state index in [4.69, 9.17) is 30.9 Å². The first kappa shape index (κ1) is 30.1. The molecule has 0 unspecified atom stereocenters. The highest BCUT2D eigenvalue weighted by atomic mass is 35.5. The van der Waals surface area contributed by atoms with Crippen molar-refractivity contribution in [3.05, 3.63) is 110 Å². The summed E-state index contributed by atoms with van der Waals surface area (Å²) in [7, 11) is 3.19. The van der Waals surface area contributed by atoms with Crippen LogP contribution in [-0.2, 0) is 0 Å². The number of para-hydroxylation sites is 1. The van der Waals surface area contributed by atoms with Gasteiger partial charge in [-0.3, -0.25) is 4.79 Å². The van der Waals surface area contributed by atoms with Gasteiger partial charge in [0.15, 0.2) is 17.3 Å². The molecule has 6 aromatic rings. The number of benzene rings is 3. The number of hydrogen-bond donors (Lipinski definition) is 0. The van der Waals surface area contributed by atoms with Crippen LogP contribution in [-0.4, -0.2) is 45.2 Å². The third kappa shape index (κ3) is 6.47. The van der Waals surface area contributed by atoms with Gasteiger partial charge in [-0.1, -0.05) is 66.6 Å². The summed E-state index contributed by atoms with van der Waals surface area (Å²) in [5.41, 5.74) is 3.73. The molecule has 3 aromatic heterocycles. The Morgan fingerprint density at radius 3 is 2.47 bits per heavy atom. The summed E-state index contributed by atoms with van der Waals surface area (Å²) in [6.07, 6.45) is 9.38. The van der Waals surface area contributed by atoms with Crippen molar-refractivity contribution in [2.24, 2.45) is 0 Å². The van der Waals surface area contributed by atoms with Gasteiger partial charge in [-0.25, -0.2) is 4.68 Å². The van der Waals surface area contributed by atoms with Crippen molar-refractivity contribution in [1.29, 1.82) is 0 Å². The van der Waals surface area contributed by atoms with E-state index in [1.165, 1.54) is 15.9 Å². The van der Waals surface area contributed by atoms with Crippen molar-refractivity contribution in [3.8, 4) is 34.2 Å². The van der Waals surface area contributed by atoms with Crippen LogP contribution >= 0.6 is 22.9 Å². The van der Waals surface area contributed by atoms with Crippen molar-refractivity contribution in [3.63, 3.8) is 0 Å². The zero-order chi connectivity index (χ0) is 31.3. The van der Waals surface area contributed by atoms with Crippen LogP contribution in [0.1, 0.15) is 36.7 Å². The molecule has 3 aromatic carbocycles. The van der Waals surface area contributed by atoms with Crippen LogP contribution in [0.15, 0.2) is 77.7 Å². The van der Waals surface area contributed by atoms with E-state index >= 15 is 0 Å². The number of methoxy groups -OCH3 is 2. The first-order valence-electron chi connectivity index (χ1n) is 14.4. The molecular weight excluding hydrogens is 610 g/mol. The molecule has 0 saturated carbocycles. The number of rotatable bonds is 11. The Hall–Kier alpha value is -4.93. The number of halogens is 1.